The highest BCUT2D eigenvalue weighted by molar-refractivity contribution is 6.33. The molecule has 0 aliphatic rings. The van der Waals surface area contributed by atoms with Gasteiger partial charge >= 0.3 is 30.1 Å². The third-order valence-electron chi connectivity index (χ3n) is 2.58. The van der Waals surface area contributed by atoms with Crippen LogP contribution in [0.1, 0.15) is 5.56 Å². The molecule has 0 saturated carbocycles. The molecule has 0 aliphatic carbocycles. The van der Waals surface area contributed by atoms with Crippen LogP contribution < -0.4 is 5.32 Å². The molecule has 0 saturated heterocycles. The predicted octanol–water partition coefficient (Wildman–Crippen LogP) is 5.13. The number of amides is 1. The lowest BCUT2D eigenvalue weighted by Gasteiger charge is -2.27. The van der Waals surface area contributed by atoms with E-state index in [0.717, 1.165) is 5.32 Å². The van der Waals surface area contributed by atoms with E-state index in [4.69, 9.17) is 11.6 Å². The number of carbonyl (C=O) groups excluding carboxylic acids is 1. The minimum absolute atomic E-state index is 0.00203. The van der Waals surface area contributed by atoms with Gasteiger partial charge in [0.2, 0.25) is 0 Å². The molecule has 1 N–H and O–H groups in total. The molecule has 0 atom stereocenters. The zero-order valence-electron chi connectivity index (χ0n) is 10.8. The van der Waals surface area contributed by atoms with Crippen LogP contribution in [0.2, 0.25) is 5.02 Å². The van der Waals surface area contributed by atoms with Gasteiger partial charge in [-0.2, -0.15) is 43.9 Å². The molecule has 0 heterocycles. The first kappa shape index (κ1) is 20.3. The maximum atomic E-state index is 13.1. The number of hydrogen-bond acceptors (Lipinski definition) is 1. The Labute approximate surface area is 131 Å². The highest BCUT2D eigenvalue weighted by Gasteiger charge is 2.76. The number of rotatable bonds is 3. The second kappa shape index (κ2) is 5.97. The molecule has 136 valence electrons. The summed E-state index contributed by atoms with van der Waals surface area (Å²) in [6.07, 6.45) is -11.8. The van der Waals surface area contributed by atoms with E-state index >= 15 is 0 Å². The lowest BCUT2D eigenvalue weighted by atomic mass is 10.1. The monoisotopic (exact) mass is 391 g/mol. The third kappa shape index (κ3) is 3.68. The molecule has 13 heteroatoms. The molecule has 24 heavy (non-hydrogen) atoms. The normalized spacial score (nSPS) is 13.8. The van der Waals surface area contributed by atoms with Crippen molar-refractivity contribution in [1.82, 2.24) is 0 Å². The molecule has 0 spiro atoms. The fourth-order valence-corrected chi connectivity index (χ4v) is 1.48. The van der Waals surface area contributed by atoms with Crippen LogP contribution in [0.15, 0.2) is 18.2 Å². The van der Waals surface area contributed by atoms with Gasteiger partial charge in [0.15, 0.2) is 0 Å². The highest BCUT2D eigenvalue weighted by atomic mass is 35.5. The van der Waals surface area contributed by atoms with Crippen LogP contribution in [0.5, 0.6) is 0 Å². The maximum absolute atomic E-state index is 13.1. The van der Waals surface area contributed by atoms with E-state index in [0.29, 0.717) is 12.1 Å². The Morgan fingerprint density at radius 2 is 1.42 bits per heavy atom. The number of benzene rings is 1. The van der Waals surface area contributed by atoms with E-state index in [1.165, 1.54) is 0 Å². The molecule has 1 aromatic rings. The minimum atomic E-state index is -6.77. The van der Waals surface area contributed by atoms with Gasteiger partial charge in [-0.05, 0) is 18.2 Å². The van der Waals surface area contributed by atoms with Gasteiger partial charge in [-0.3, -0.25) is 4.79 Å². The molecule has 1 rings (SSSR count). The summed E-state index contributed by atoms with van der Waals surface area (Å²) in [5.74, 6) is -16.2. The number of anilines is 1. The summed E-state index contributed by atoms with van der Waals surface area (Å²) in [6, 6.07) is 0.864. The van der Waals surface area contributed by atoms with E-state index in [2.05, 4.69) is 0 Å². The van der Waals surface area contributed by atoms with Gasteiger partial charge in [0, 0.05) is 0 Å². The first-order valence-corrected chi connectivity index (χ1v) is 5.90. The van der Waals surface area contributed by atoms with Crippen molar-refractivity contribution in [2.75, 3.05) is 5.32 Å². The van der Waals surface area contributed by atoms with Crippen LogP contribution in [0, 0.1) is 0 Å². The van der Waals surface area contributed by atoms with Crippen LogP contribution >= 0.6 is 11.6 Å². The Balaban J connectivity index is 3.20. The van der Waals surface area contributed by atoms with Crippen molar-refractivity contribution in [1.29, 1.82) is 0 Å². The molecule has 0 fully saturated rings. The fourth-order valence-electron chi connectivity index (χ4n) is 1.32. The summed E-state index contributed by atoms with van der Waals surface area (Å²) in [4.78, 5) is 11.1. The molecule has 0 aromatic heterocycles. The van der Waals surface area contributed by atoms with Crippen LogP contribution in [-0.4, -0.2) is 23.9 Å². The smallest absolute Gasteiger partial charge is 0.319 e. The van der Waals surface area contributed by atoms with Crippen LogP contribution in [0.4, 0.5) is 49.6 Å². The summed E-state index contributed by atoms with van der Waals surface area (Å²) in [6.45, 7) is 0. The number of halogens is 11. The molecule has 1 aromatic carbocycles. The van der Waals surface area contributed by atoms with Gasteiger partial charge in [-0.15, -0.1) is 0 Å². The average molecular weight is 392 g/mol. The summed E-state index contributed by atoms with van der Waals surface area (Å²) < 4.78 is 125. The van der Waals surface area contributed by atoms with Gasteiger partial charge in [0.1, 0.15) is 0 Å². The zero-order chi connectivity index (χ0) is 19.1. The second-order valence-electron chi connectivity index (χ2n) is 4.29. The van der Waals surface area contributed by atoms with Gasteiger partial charge < -0.3 is 5.32 Å². The first-order valence-electron chi connectivity index (χ1n) is 5.52. The van der Waals surface area contributed by atoms with Gasteiger partial charge in [-0.1, -0.05) is 11.6 Å². The van der Waals surface area contributed by atoms with E-state index in [9.17, 15) is 48.7 Å². The molecule has 0 aliphatic heterocycles. The van der Waals surface area contributed by atoms with Crippen molar-refractivity contribution in [3.8, 4) is 0 Å². The quantitative estimate of drug-likeness (QED) is 0.711. The van der Waals surface area contributed by atoms with E-state index in [1.807, 2.05) is 0 Å². The molecule has 2 nitrogen and oxygen atoms in total. The Morgan fingerprint density at radius 3 is 1.83 bits per heavy atom. The maximum Gasteiger partial charge on any atom is 0.460 e. The summed E-state index contributed by atoms with van der Waals surface area (Å²) >= 11 is 5.31. The summed E-state index contributed by atoms with van der Waals surface area (Å²) in [5.41, 5.74) is -2.72. The first-order chi connectivity index (χ1) is 10.5. The van der Waals surface area contributed by atoms with Crippen LogP contribution in [0.25, 0.3) is 0 Å². The largest absolute Gasteiger partial charge is 0.460 e. The topological polar surface area (TPSA) is 29.1 Å². The predicted molar refractivity (Wildman–Crippen MR) is 61.0 cm³/mol. The highest BCUT2D eigenvalue weighted by Crippen LogP contribution is 2.47. The van der Waals surface area contributed by atoms with E-state index in [1.54, 1.807) is 0 Å². The number of nitrogens with one attached hydrogen (secondary N) is 1. The van der Waals surface area contributed by atoms with E-state index in [-0.39, 0.29) is 6.07 Å². The standard InChI is InChI=1S/C11H4ClF10NO/c12-5-2-1-4(9(15,16)17)3-6(5)23-7(24)8(13,14)10(18,19)11(20,21)22/h1-3H,(H,23,24). The number of carbonyl (C=O) groups is 1. The average Bonchev–Trinajstić information content (AvgIpc) is 2.38. The molecule has 1 amide bonds. The van der Waals surface area contributed by atoms with Crippen LogP contribution in [0.3, 0.4) is 0 Å². The zero-order valence-corrected chi connectivity index (χ0v) is 11.6. The Hall–Kier alpha value is -1.72. The van der Waals surface area contributed by atoms with Crippen molar-refractivity contribution >= 4 is 23.2 Å². The third-order valence-corrected chi connectivity index (χ3v) is 2.91. The number of alkyl halides is 10. The molecular weight excluding hydrogens is 388 g/mol. The van der Waals surface area contributed by atoms with Gasteiger partial charge in [-0.25, -0.2) is 0 Å². The van der Waals surface area contributed by atoms with Gasteiger partial charge in [0.05, 0.1) is 16.3 Å². The minimum Gasteiger partial charge on any atom is -0.319 e. The van der Waals surface area contributed by atoms with Crippen molar-refractivity contribution < 1.29 is 48.7 Å². The Morgan fingerprint density at radius 1 is 0.917 bits per heavy atom. The van der Waals surface area contributed by atoms with E-state index < -0.39 is 46.4 Å². The molecular formula is C11H4ClF10NO. The lowest BCUT2D eigenvalue weighted by Crippen LogP contribution is -2.57. The number of hydrogen-bond donors (Lipinski definition) is 1. The van der Waals surface area contributed by atoms with Crippen molar-refractivity contribution in [2.24, 2.45) is 0 Å². The lowest BCUT2D eigenvalue weighted by molar-refractivity contribution is -0.343. The Kier molecular flexibility index (Phi) is 5.06. The van der Waals surface area contributed by atoms with Crippen LogP contribution in [-0.2, 0) is 11.0 Å². The molecule has 0 radical (unpaired) electrons. The summed E-state index contributed by atoms with van der Waals surface area (Å²) in [5, 5.41) is 0.0509. The Bertz CT molecular complexity index is 637. The fraction of sp³-hybridized carbons (Fsp3) is 0.364. The summed E-state index contributed by atoms with van der Waals surface area (Å²) in [7, 11) is 0. The molecule has 0 unspecified atom stereocenters. The SMILES string of the molecule is O=C(Nc1cc(C(F)(F)F)ccc1Cl)C(F)(F)C(F)(F)C(F)(F)F. The van der Waals surface area contributed by atoms with Crippen molar-refractivity contribution in [3.05, 3.63) is 28.8 Å². The van der Waals surface area contributed by atoms with Crippen molar-refractivity contribution in [3.63, 3.8) is 0 Å². The van der Waals surface area contributed by atoms with Crippen molar-refractivity contribution in [2.45, 2.75) is 24.2 Å². The second-order valence-corrected chi connectivity index (χ2v) is 4.70. The van der Waals surface area contributed by atoms with Gasteiger partial charge in [0.25, 0.3) is 0 Å². The molecule has 0 bridgehead atoms.